The molecule has 2 heterocycles. The summed E-state index contributed by atoms with van der Waals surface area (Å²) in [6.45, 7) is 6.68. The Hall–Kier alpha value is -1.98. The predicted octanol–water partition coefficient (Wildman–Crippen LogP) is 2.29. The molecule has 2 aromatic rings. The van der Waals surface area contributed by atoms with Crippen molar-refractivity contribution in [3.63, 3.8) is 0 Å². The molecule has 0 saturated carbocycles. The molecule has 0 aliphatic carbocycles. The van der Waals surface area contributed by atoms with Crippen LogP contribution in [0.15, 0.2) is 10.6 Å². The molecule has 19 heavy (non-hydrogen) atoms. The third-order valence-electron chi connectivity index (χ3n) is 3.02. The number of rotatable bonds is 5. The fraction of sp³-hybridized carbons (Fsp3) is 0.538. The van der Waals surface area contributed by atoms with E-state index < -0.39 is 0 Å². The molecule has 2 aromatic heterocycles. The summed E-state index contributed by atoms with van der Waals surface area (Å²) in [6, 6.07) is 0. The van der Waals surface area contributed by atoms with Crippen molar-refractivity contribution < 1.29 is 4.42 Å². The van der Waals surface area contributed by atoms with Crippen molar-refractivity contribution in [2.45, 2.75) is 39.7 Å². The van der Waals surface area contributed by atoms with Gasteiger partial charge in [-0.25, -0.2) is 4.98 Å². The minimum atomic E-state index is 0.301. The second-order valence-electron chi connectivity index (χ2n) is 4.85. The molecule has 3 N–H and O–H groups in total. The largest absolute Gasteiger partial charge is 0.444 e. The normalized spacial score (nSPS) is 11.2. The molecule has 0 spiro atoms. The smallest absolute Gasteiger partial charge is 0.213 e. The number of nitrogens with zero attached hydrogens (tertiary/aromatic N) is 3. The predicted molar refractivity (Wildman–Crippen MR) is 74.9 cm³/mol. The van der Waals surface area contributed by atoms with E-state index in [2.05, 4.69) is 29.2 Å². The summed E-state index contributed by atoms with van der Waals surface area (Å²) in [5.41, 5.74) is 7.71. The number of nitrogens with two attached hydrogens (primary N) is 1. The van der Waals surface area contributed by atoms with E-state index >= 15 is 0 Å². The zero-order valence-corrected chi connectivity index (χ0v) is 11.9. The summed E-state index contributed by atoms with van der Waals surface area (Å²) in [5, 5.41) is 7.65. The topological polar surface area (TPSA) is 81.9 Å². The van der Waals surface area contributed by atoms with E-state index in [0.29, 0.717) is 24.0 Å². The van der Waals surface area contributed by atoms with Gasteiger partial charge in [0.15, 0.2) is 0 Å². The lowest BCUT2D eigenvalue weighted by Gasteiger charge is -2.05. The number of aryl methyl sites for hydroxylation is 2. The lowest BCUT2D eigenvalue weighted by molar-refractivity contribution is 0.465. The number of anilines is 2. The standard InChI is InChI=1S/C13H21N5O/c1-5-9-6-15-10(19-9)7-16-13-11(14)12(8(2)3)17-18(13)4/h6,8,16H,5,7,14H2,1-4H3. The van der Waals surface area contributed by atoms with Crippen LogP contribution in [-0.4, -0.2) is 14.8 Å². The third kappa shape index (κ3) is 2.72. The van der Waals surface area contributed by atoms with Gasteiger partial charge < -0.3 is 15.5 Å². The molecule has 0 radical (unpaired) electrons. The van der Waals surface area contributed by atoms with Gasteiger partial charge in [-0.1, -0.05) is 20.8 Å². The van der Waals surface area contributed by atoms with Gasteiger partial charge in [0.05, 0.1) is 24.1 Å². The van der Waals surface area contributed by atoms with Gasteiger partial charge in [0, 0.05) is 13.5 Å². The van der Waals surface area contributed by atoms with Crippen LogP contribution >= 0.6 is 0 Å². The van der Waals surface area contributed by atoms with Crippen LogP contribution in [0, 0.1) is 0 Å². The van der Waals surface area contributed by atoms with Crippen LogP contribution in [-0.2, 0) is 20.0 Å². The molecule has 0 aliphatic heterocycles. The molecule has 6 heteroatoms. The van der Waals surface area contributed by atoms with Gasteiger partial charge in [0.25, 0.3) is 0 Å². The Morgan fingerprint density at radius 2 is 2.21 bits per heavy atom. The molecule has 0 aromatic carbocycles. The highest BCUT2D eigenvalue weighted by Gasteiger charge is 2.16. The van der Waals surface area contributed by atoms with Crippen LogP contribution in [0.2, 0.25) is 0 Å². The van der Waals surface area contributed by atoms with Crippen LogP contribution < -0.4 is 11.1 Å². The molecule has 0 bridgehead atoms. The lowest BCUT2D eigenvalue weighted by atomic mass is 10.1. The van der Waals surface area contributed by atoms with E-state index in [-0.39, 0.29) is 0 Å². The molecular weight excluding hydrogens is 242 g/mol. The first-order valence-electron chi connectivity index (χ1n) is 6.52. The number of hydrogen-bond acceptors (Lipinski definition) is 5. The summed E-state index contributed by atoms with van der Waals surface area (Å²) >= 11 is 0. The molecule has 0 unspecified atom stereocenters. The van der Waals surface area contributed by atoms with E-state index in [1.54, 1.807) is 10.9 Å². The van der Waals surface area contributed by atoms with Crippen LogP contribution in [0.5, 0.6) is 0 Å². The summed E-state index contributed by atoms with van der Waals surface area (Å²) in [6.07, 6.45) is 2.60. The number of nitrogens with one attached hydrogen (secondary N) is 1. The van der Waals surface area contributed by atoms with E-state index in [1.807, 2.05) is 14.0 Å². The molecular formula is C13H21N5O. The number of aromatic nitrogens is 3. The van der Waals surface area contributed by atoms with Crippen LogP contribution in [0.4, 0.5) is 11.5 Å². The van der Waals surface area contributed by atoms with E-state index in [4.69, 9.17) is 10.2 Å². The number of nitrogen functional groups attached to an aromatic ring is 1. The van der Waals surface area contributed by atoms with E-state index in [9.17, 15) is 0 Å². The lowest BCUT2D eigenvalue weighted by Crippen LogP contribution is -2.06. The Kier molecular flexibility index (Phi) is 3.78. The van der Waals surface area contributed by atoms with Crippen LogP contribution in [0.3, 0.4) is 0 Å². The minimum Gasteiger partial charge on any atom is -0.444 e. The zero-order valence-electron chi connectivity index (χ0n) is 11.9. The Morgan fingerprint density at radius 3 is 2.74 bits per heavy atom. The Labute approximate surface area is 113 Å². The molecule has 0 atom stereocenters. The van der Waals surface area contributed by atoms with E-state index in [1.165, 1.54) is 0 Å². The quantitative estimate of drug-likeness (QED) is 0.865. The first-order valence-corrected chi connectivity index (χ1v) is 6.52. The average Bonchev–Trinajstić information content (AvgIpc) is 2.93. The van der Waals surface area contributed by atoms with Gasteiger partial charge in [-0.15, -0.1) is 0 Å². The van der Waals surface area contributed by atoms with Gasteiger partial charge in [-0.3, -0.25) is 4.68 Å². The zero-order chi connectivity index (χ0) is 14.0. The van der Waals surface area contributed by atoms with Gasteiger partial charge >= 0.3 is 0 Å². The summed E-state index contributed by atoms with van der Waals surface area (Å²) in [5.74, 6) is 2.65. The van der Waals surface area contributed by atoms with Crippen molar-refractivity contribution in [2.24, 2.45) is 7.05 Å². The second-order valence-corrected chi connectivity index (χ2v) is 4.85. The van der Waals surface area contributed by atoms with Crippen molar-refractivity contribution >= 4 is 11.5 Å². The number of oxazole rings is 1. The van der Waals surface area contributed by atoms with Crippen molar-refractivity contribution in [3.8, 4) is 0 Å². The molecule has 0 fully saturated rings. The number of hydrogen-bond donors (Lipinski definition) is 2. The second kappa shape index (κ2) is 5.34. The molecule has 6 nitrogen and oxygen atoms in total. The van der Waals surface area contributed by atoms with Gasteiger partial charge in [0.1, 0.15) is 11.6 Å². The van der Waals surface area contributed by atoms with Gasteiger partial charge in [-0.05, 0) is 5.92 Å². The van der Waals surface area contributed by atoms with Crippen LogP contribution in [0.1, 0.15) is 44.0 Å². The average molecular weight is 263 g/mol. The molecule has 0 saturated heterocycles. The summed E-state index contributed by atoms with van der Waals surface area (Å²) < 4.78 is 7.30. The maximum absolute atomic E-state index is 6.10. The highest BCUT2D eigenvalue weighted by Crippen LogP contribution is 2.27. The summed E-state index contributed by atoms with van der Waals surface area (Å²) in [7, 11) is 1.87. The SMILES string of the molecule is CCc1cnc(CNc2c(N)c(C(C)C)nn2C)o1. The van der Waals surface area contributed by atoms with Crippen molar-refractivity contribution in [1.82, 2.24) is 14.8 Å². The first-order chi connectivity index (χ1) is 9.02. The van der Waals surface area contributed by atoms with Crippen molar-refractivity contribution in [1.29, 1.82) is 0 Å². The molecule has 0 amide bonds. The minimum absolute atomic E-state index is 0.301. The maximum atomic E-state index is 6.10. The van der Waals surface area contributed by atoms with Crippen LogP contribution in [0.25, 0.3) is 0 Å². The summed E-state index contributed by atoms with van der Waals surface area (Å²) in [4.78, 5) is 4.20. The van der Waals surface area contributed by atoms with Gasteiger partial charge in [-0.2, -0.15) is 5.10 Å². The van der Waals surface area contributed by atoms with E-state index in [0.717, 1.165) is 23.7 Å². The fourth-order valence-corrected chi connectivity index (χ4v) is 1.95. The molecule has 104 valence electrons. The first kappa shape index (κ1) is 13.5. The Bertz CT molecular complexity index is 555. The van der Waals surface area contributed by atoms with Crippen molar-refractivity contribution in [2.75, 3.05) is 11.1 Å². The third-order valence-corrected chi connectivity index (χ3v) is 3.02. The fourth-order valence-electron chi connectivity index (χ4n) is 1.95. The highest BCUT2D eigenvalue weighted by atomic mass is 16.4. The van der Waals surface area contributed by atoms with Crippen molar-refractivity contribution in [3.05, 3.63) is 23.5 Å². The monoisotopic (exact) mass is 263 g/mol. The molecule has 0 aliphatic rings. The van der Waals surface area contributed by atoms with Gasteiger partial charge in [0.2, 0.25) is 5.89 Å². The highest BCUT2D eigenvalue weighted by molar-refractivity contribution is 5.65. The Morgan fingerprint density at radius 1 is 1.47 bits per heavy atom. The Balaban J connectivity index is 2.11. The maximum Gasteiger partial charge on any atom is 0.213 e. The molecule has 2 rings (SSSR count).